The van der Waals surface area contributed by atoms with Crippen molar-refractivity contribution in [3.8, 4) is 0 Å². The lowest BCUT2D eigenvalue weighted by molar-refractivity contribution is 0.00548. The Bertz CT molecular complexity index is 364. The van der Waals surface area contributed by atoms with Crippen LogP contribution in [-0.2, 0) is 18.0 Å². The largest absolute Gasteiger partial charge is 0.500 e. The van der Waals surface area contributed by atoms with E-state index in [9.17, 15) is 0 Å². The molecule has 2 aliphatic carbocycles. The molecule has 0 aromatic carbocycles. The van der Waals surface area contributed by atoms with Crippen molar-refractivity contribution in [3.05, 3.63) is 0 Å². The highest BCUT2D eigenvalue weighted by Crippen LogP contribution is 2.41. The van der Waals surface area contributed by atoms with E-state index in [0.717, 1.165) is 36.8 Å². The van der Waals surface area contributed by atoms with Crippen LogP contribution in [-0.4, -0.2) is 42.8 Å². The second-order valence-electron chi connectivity index (χ2n) is 8.73. The molecule has 0 radical (unpaired) electrons. The van der Waals surface area contributed by atoms with Crippen LogP contribution in [0.4, 0.5) is 0 Å². The summed E-state index contributed by atoms with van der Waals surface area (Å²) in [6, 6.07) is 0.827. The first-order valence-electron chi connectivity index (χ1n) is 11.4. The maximum absolute atomic E-state index is 6.16. The van der Waals surface area contributed by atoms with Crippen molar-refractivity contribution in [1.82, 2.24) is 0 Å². The van der Waals surface area contributed by atoms with Gasteiger partial charge < -0.3 is 18.0 Å². The fourth-order valence-corrected chi connectivity index (χ4v) is 6.95. The molecule has 0 heterocycles. The minimum Gasteiger partial charge on any atom is -0.378 e. The Balaban J connectivity index is 1.58. The summed E-state index contributed by atoms with van der Waals surface area (Å²) in [6.07, 6.45) is 16.9. The van der Waals surface area contributed by atoms with Gasteiger partial charge in [-0.3, -0.25) is 0 Å². The normalized spacial score (nSPS) is 29.8. The highest BCUT2D eigenvalue weighted by Gasteiger charge is 2.37. The quantitative estimate of drug-likeness (QED) is 0.305. The van der Waals surface area contributed by atoms with Crippen LogP contribution in [0.5, 0.6) is 0 Å². The minimum atomic E-state index is -2.43. The van der Waals surface area contributed by atoms with Gasteiger partial charge in [-0.2, -0.15) is 0 Å². The fraction of sp³-hybridized carbons (Fsp3) is 1.00. The molecule has 0 aliphatic heterocycles. The molecule has 2 rings (SSSR count). The van der Waals surface area contributed by atoms with Gasteiger partial charge in [0.15, 0.2) is 0 Å². The van der Waals surface area contributed by atoms with Gasteiger partial charge in [0.1, 0.15) is 0 Å². The number of rotatable bonds is 12. The Hall–Kier alpha value is 0.0569. The van der Waals surface area contributed by atoms with E-state index in [-0.39, 0.29) is 0 Å². The first-order chi connectivity index (χ1) is 13.2. The van der Waals surface area contributed by atoms with Crippen LogP contribution in [0.2, 0.25) is 6.04 Å². The SMILES string of the molecule is CCCCC1CCC(C2CCC(OCCC[Si](OC)(OC)OC)CC2)CC1. The van der Waals surface area contributed by atoms with Crippen LogP contribution in [0.25, 0.3) is 0 Å². The molecule has 0 atom stereocenters. The summed E-state index contributed by atoms with van der Waals surface area (Å²) < 4.78 is 22.6. The van der Waals surface area contributed by atoms with Gasteiger partial charge in [0, 0.05) is 34.0 Å². The van der Waals surface area contributed by atoms with Gasteiger partial charge in [-0.15, -0.1) is 0 Å². The predicted molar refractivity (Wildman–Crippen MR) is 113 cm³/mol. The summed E-state index contributed by atoms with van der Waals surface area (Å²) in [5.74, 6) is 3.00. The van der Waals surface area contributed by atoms with Crippen molar-refractivity contribution in [2.24, 2.45) is 17.8 Å². The van der Waals surface area contributed by atoms with E-state index in [1.54, 1.807) is 21.3 Å². The van der Waals surface area contributed by atoms with Crippen molar-refractivity contribution >= 4 is 8.80 Å². The molecule has 27 heavy (non-hydrogen) atoms. The first kappa shape index (κ1) is 23.3. The number of unbranched alkanes of at least 4 members (excludes halogenated alkanes) is 1. The van der Waals surface area contributed by atoms with Gasteiger partial charge >= 0.3 is 8.80 Å². The Morgan fingerprint density at radius 3 is 1.81 bits per heavy atom. The zero-order chi connectivity index (χ0) is 19.5. The standard InChI is InChI=1S/C22H44O4Si/c1-5-6-8-19-9-11-20(12-10-19)21-13-15-22(16-14-21)26-17-7-18-27(23-2,24-3)25-4/h19-22H,5-18H2,1-4H3. The first-order valence-corrected chi connectivity index (χ1v) is 13.4. The van der Waals surface area contributed by atoms with Crippen molar-refractivity contribution in [2.75, 3.05) is 27.9 Å². The second-order valence-corrected chi connectivity index (χ2v) is 11.8. The maximum atomic E-state index is 6.16. The zero-order valence-corrected chi connectivity index (χ0v) is 19.3. The topological polar surface area (TPSA) is 36.9 Å². The van der Waals surface area contributed by atoms with Gasteiger partial charge in [-0.25, -0.2) is 0 Å². The molecule has 0 N–H and O–H groups in total. The summed E-state index contributed by atoms with van der Waals surface area (Å²) in [7, 11) is 2.61. The van der Waals surface area contributed by atoms with Crippen molar-refractivity contribution < 1.29 is 18.0 Å². The average Bonchev–Trinajstić information content (AvgIpc) is 2.74. The fourth-order valence-electron chi connectivity index (χ4n) is 5.26. The van der Waals surface area contributed by atoms with E-state index in [0.29, 0.717) is 6.10 Å². The molecule has 4 nitrogen and oxygen atoms in total. The lowest BCUT2D eigenvalue weighted by Gasteiger charge is -2.38. The molecular weight excluding hydrogens is 356 g/mol. The molecule has 0 aromatic heterocycles. The van der Waals surface area contributed by atoms with E-state index in [1.807, 2.05) is 0 Å². The molecule has 0 amide bonds. The van der Waals surface area contributed by atoms with Gasteiger partial charge in [0.25, 0.3) is 0 Å². The van der Waals surface area contributed by atoms with Gasteiger partial charge in [-0.1, -0.05) is 39.0 Å². The van der Waals surface area contributed by atoms with Gasteiger partial charge in [0.2, 0.25) is 0 Å². The van der Waals surface area contributed by atoms with Crippen LogP contribution >= 0.6 is 0 Å². The third-order valence-corrected chi connectivity index (χ3v) is 9.99. The van der Waals surface area contributed by atoms with E-state index >= 15 is 0 Å². The molecule has 0 spiro atoms. The average molecular weight is 401 g/mol. The molecule has 0 unspecified atom stereocenters. The highest BCUT2D eigenvalue weighted by molar-refractivity contribution is 6.60. The summed E-state index contributed by atoms with van der Waals surface area (Å²) in [6.45, 7) is 3.11. The molecule has 0 aromatic rings. The highest BCUT2D eigenvalue weighted by atomic mass is 28.4. The number of hydrogen-bond donors (Lipinski definition) is 0. The van der Waals surface area contributed by atoms with E-state index in [2.05, 4.69) is 6.92 Å². The molecule has 2 aliphatic rings. The van der Waals surface area contributed by atoms with Crippen LogP contribution in [0.15, 0.2) is 0 Å². The Kier molecular flexibility index (Phi) is 10.9. The zero-order valence-electron chi connectivity index (χ0n) is 18.3. The Morgan fingerprint density at radius 1 is 0.741 bits per heavy atom. The van der Waals surface area contributed by atoms with Gasteiger partial charge in [0.05, 0.1) is 6.10 Å². The van der Waals surface area contributed by atoms with Crippen molar-refractivity contribution in [2.45, 2.75) is 96.1 Å². The Morgan fingerprint density at radius 2 is 1.30 bits per heavy atom. The molecular formula is C22H44O4Si. The lowest BCUT2D eigenvalue weighted by Crippen LogP contribution is -2.42. The van der Waals surface area contributed by atoms with E-state index in [1.165, 1.54) is 70.6 Å². The van der Waals surface area contributed by atoms with E-state index < -0.39 is 8.80 Å². The summed E-state index contributed by atoms with van der Waals surface area (Å²) in [4.78, 5) is 0. The van der Waals surface area contributed by atoms with Crippen molar-refractivity contribution in [3.63, 3.8) is 0 Å². The second kappa shape index (κ2) is 12.6. The molecule has 0 saturated heterocycles. The number of hydrogen-bond acceptors (Lipinski definition) is 4. The molecule has 5 heteroatoms. The Labute approximate surface area is 169 Å². The van der Waals surface area contributed by atoms with E-state index in [4.69, 9.17) is 18.0 Å². The predicted octanol–water partition coefficient (Wildman–Crippen LogP) is 5.83. The number of ether oxygens (including phenoxy) is 1. The molecule has 160 valence electrons. The van der Waals surface area contributed by atoms with Crippen LogP contribution in [0.1, 0.15) is 84.0 Å². The van der Waals surface area contributed by atoms with Crippen LogP contribution in [0, 0.1) is 17.8 Å². The lowest BCUT2D eigenvalue weighted by atomic mass is 9.70. The minimum absolute atomic E-state index is 0.464. The maximum Gasteiger partial charge on any atom is 0.500 e. The van der Waals surface area contributed by atoms with Crippen LogP contribution in [0.3, 0.4) is 0 Å². The summed E-state index contributed by atoms with van der Waals surface area (Å²) in [5, 5.41) is 0. The summed E-state index contributed by atoms with van der Waals surface area (Å²) in [5.41, 5.74) is 0. The van der Waals surface area contributed by atoms with Crippen molar-refractivity contribution in [1.29, 1.82) is 0 Å². The molecule has 2 saturated carbocycles. The molecule has 0 bridgehead atoms. The monoisotopic (exact) mass is 400 g/mol. The van der Waals surface area contributed by atoms with Crippen LogP contribution < -0.4 is 0 Å². The third-order valence-electron chi connectivity index (χ3n) is 7.16. The summed E-state index contributed by atoms with van der Waals surface area (Å²) >= 11 is 0. The third kappa shape index (κ3) is 7.43. The molecule has 2 fully saturated rings. The smallest absolute Gasteiger partial charge is 0.378 e. The van der Waals surface area contributed by atoms with Gasteiger partial charge in [-0.05, 0) is 62.7 Å².